The van der Waals surface area contributed by atoms with Gasteiger partial charge in [-0.15, -0.1) is 0 Å². The molecule has 0 atom stereocenters. The zero-order valence-corrected chi connectivity index (χ0v) is 14.5. The van der Waals surface area contributed by atoms with Crippen molar-refractivity contribution in [1.82, 2.24) is 0 Å². The van der Waals surface area contributed by atoms with E-state index in [0.29, 0.717) is 28.5 Å². The molecule has 3 aromatic rings. The molecule has 6 heteroatoms. The fraction of sp³-hybridized carbons (Fsp3) is 0.0476. The summed E-state index contributed by atoms with van der Waals surface area (Å²) < 4.78 is 10.6. The number of carbonyl (C=O) groups is 2. The van der Waals surface area contributed by atoms with Gasteiger partial charge in [-0.1, -0.05) is 0 Å². The lowest BCUT2D eigenvalue weighted by Crippen LogP contribution is -2.11. The molecule has 136 valence electrons. The van der Waals surface area contributed by atoms with E-state index in [-0.39, 0.29) is 11.7 Å². The summed E-state index contributed by atoms with van der Waals surface area (Å²) in [6.07, 6.45) is 0. The molecule has 0 bridgehead atoms. The number of anilines is 1. The van der Waals surface area contributed by atoms with Crippen molar-refractivity contribution in [2.24, 2.45) is 0 Å². The summed E-state index contributed by atoms with van der Waals surface area (Å²) in [5.74, 6) is 1.05. The summed E-state index contributed by atoms with van der Waals surface area (Å²) in [6.45, 7) is 1.32. The normalized spacial score (nSPS) is 10.1. The number of phenols is 1. The molecule has 0 aliphatic carbocycles. The Labute approximate surface area is 156 Å². The van der Waals surface area contributed by atoms with Crippen molar-refractivity contribution in [3.05, 3.63) is 78.4 Å². The van der Waals surface area contributed by atoms with Crippen molar-refractivity contribution in [2.75, 3.05) is 5.32 Å². The highest BCUT2D eigenvalue weighted by Gasteiger charge is 2.07. The van der Waals surface area contributed by atoms with Crippen LogP contribution in [0.15, 0.2) is 72.8 Å². The van der Waals surface area contributed by atoms with Crippen molar-refractivity contribution < 1.29 is 24.2 Å². The van der Waals surface area contributed by atoms with Crippen molar-refractivity contribution in [2.45, 2.75) is 6.92 Å². The molecule has 0 fully saturated rings. The molecule has 3 rings (SSSR count). The molecule has 6 nitrogen and oxygen atoms in total. The molecular formula is C21H17NO5. The maximum Gasteiger partial charge on any atom is 0.308 e. The largest absolute Gasteiger partial charge is 0.508 e. The summed E-state index contributed by atoms with van der Waals surface area (Å²) in [4.78, 5) is 23.2. The summed E-state index contributed by atoms with van der Waals surface area (Å²) in [5, 5.41) is 12.1. The predicted molar refractivity (Wildman–Crippen MR) is 100 cm³/mol. The molecule has 0 heterocycles. The highest BCUT2D eigenvalue weighted by Crippen LogP contribution is 2.25. The molecule has 1 amide bonds. The molecule has 0 saturated carbocycles. The smallest absolute Gasteiger partial charge is 0.308 e. The lowest BCUT2D eigenvalue weighted by Gasteiger charge is -2.09. The second-order valence-electron chi connectivity index (χ2n) is 5.69. The summed E-state index contributed by atoms with van der Waals surface area (Å²) >= 11 is 0. The van der Waals surface area contributed by atoms with Crippen LogP contribution in [0.5, 0.6) is 23.0 Å². The van der Waals surface area contributed by atoms with E-state index in [2.05, 4.69) is 5.32 Å². The highest BCUT2D eigenvalue weighted by molar-refractivity contribution is 6.04. The SMILES string of the molecule is CC(=O)Oc1ccc(C(=O)Nc2ccc(Oc3ccc(O)cc3)cc2)cc1. The number of phenolic OH excluding ortho intramolecular Hbond substituents is 1. The Morgan fingerprint density at radius 1 is 0.778 bits per heavy atom. The Balaban J connectivity index is 1.61. The molecule has 0 aliphatic rings. The van der Waals surface area contributed by atoms with Gasteiger partial charge in [-0.3, -0.25) is 9.59 Å². The molecular weight excluding hydrogens is 346 g/mol. The Hall–Kier alpha value is -3.80. The monoisotopic (exact) mass is 363 g/mol. The van der Waals surface area contributed by atoms with Crippen LogP contribution < -0.4 is 14.8 Å². The summed E-state index contributed by atoms with van der Waals surface area (Å²) in [6, 6.07) is 19.6. The number of ether oxygens (including phenoxy) is 2. The minimum Gasteiger partial charge on any atom is -0.508 e. The van der Waals surface area contributed by atoms with Crippen LogP contribution in [-0.2, 0) is 4.79 Å². The van der Waals surface area contributed by atoms with E-state index in [1.807, 2.05) is 0 Å². The molecule has 0 radical (unpaired) electrons. The van der Waals surface area contributed by atoms with E-state index in [0.717, 1.165) is 0 Å². The molecule has 2 N–H and O–H groups in total. The van der Waals surface area contributed by atoms with Gasteiger partial charge in [-0.05, 0) is 72.8 Å². The minimum atomic E-state index is -0.415. The van der Waals surface area contributed by atoms with Crippen LogP contribution >= 0.6 is 0 Å². The number of benzene rings is 3. The zero-order chi connectivity index (χ0) is 19.2. The van der Waals surface area contributed by atoms with Gasteiger partial charge in [0, 0.05) is 18.2 Å². The topological polar surface area (TPSA) is 84.9 Å². The van der Waals surface area contributed by atoms with Gasteiger partial charge >= 0.3 is 5.97 Å². The van der Waals surface area contributed by atoms with Gasteiger partial charge in [0.2, 0.25) is 0 Å². The summed E-state index contributed by atoms with van der Waals surface area (Å²) in [5.41, 5.74) is 1.05. The first-order chi connectivity index (χ1) is 13.0. The second-order valence-corrected chi connectivity index (χ2v) is 5.69. The van der Waals surface area contributed by atoms with Crippen LogP contribution in [0.1, 0.15) is 17.3 Å². The van der Waals surface area contributed by atoms with Gasteiger partial charge in [0.1, 0.15) is 23.0 Å². The van der Waals surface area contributed by atoms with Crippen LogP contribution in [-0.4, -0.2) is 17.0 Å². The fourth-order valence-corrected chi connectivity index (χ4v) is 2.30. The lowest BCUT2D eigenvalue weighted by atomic mass is 10.2. The van der Waals surface area contributed by atoms with Gasteiger partial charge < -0.3 is 19.9 Å². The van der Waals surface area contributed by atoms with Crippen LogP contribution in [0.4, 0.5) is 5.69 Å². The van der Waals surface area contributed by atoms with Crippen LogP contribution in [0.25, 0.3) is 0 Å². The minimum absolute atomic E-state index is 0.168. The number of nitrogens with one attached hydrogen (secondary N) is 1. The van der Waals surface area contributed by atoms with Crippen LogP contribution in [0.2, 0.25) is 0 Å². The maximum absolute atomic E-state index is 12.3. The summed E-state index contributed by atoms with van der Waals surface area (Å²) in [7, 11) is 0. The number of hydrogen-bond acceptors (Lipinski definition) is 5. The zero-order valence-electron chi connectivity index (χ0n) is 14.5. The number of hydrogen-bond donors (Lipinski definition) is 2. The number of aromatic hydroxyl groups is 1. The van der Waals surface area contributed by atoms with E-state index >= 15 is 0 Å². The van der Waals surface area contributed by atoms with Crippen molar-refractivity contribution in [3.63, 3.8) is 0 Å². The van der Waals surface area contributed by atoms with Crippen LogP contribution in [0.3, 0.4) is 0 Å². The Morgan fingerprint density at radius 3 is 1.85 bits per heavy atom. The molecule has 0 aromatic heterocycles. The second kappa shape index (κ2) is 8.05. The Morgan fingerprint density at radius 2 is 1.30 bits per heavy atom. The fourth-order valence-electron chi connectivity index (χ4n) is 2.30. The molecule has 0 saturated heterocycles. The average molecular weight is 363 g/mol. The molecule has 0 spiro atoms. The van der Waals surface area contributed by atoms with Crippen molar-refractivity contribution >= 4 is 17.6 Å². The number of esters is 1. The van der Waals surface area contributed by atoms with E-state index in [1.165, 1.54) is 19.1 Å². The molecule has 27 heavy (non-hydrogen) atoms. The quantitative estimate of drug-likeness (QED) is 0.520. The number of amides is 1. The number of rotatable bonds is 5. The van der Waals surface area contributed by atoms with Crippen LogP contribution in [0, 0.1) is 0 Å². The maximum atomic E-state index is 12.3. The molecule has 3 aromatic carbocycles. The third kappa shape index (κ3) is 5.09. The first-order valence-electron chi connectivity index (χ1n) is 8.16. The average Bonchev–Trinajstić information content (AvgIpc) is 2.65. The third-order valence-electron chi connectivity index (χ3n) is 3.56. The molecule has 0 unspecified atom stereocenters. The molecule has 0 aliphatic heterocycles. The first kappa shape index (κ1) is 18.0. The Kier molecular flexibility index (Phi) is 5.37. The van der Waals surface area contributed by atoms with Crippen molar-refractivity contribution in [1.29, 1.82) is 0 Å². The third-order valence-corrected chi connectivity index (χ3v) is 3.56. The number of carbonyl (C=O) groups excluding carboxylic acids is 2. The first-order valence-corrected chi connectivity index (χ1v) is 8.16. The highest BCUT2D eigenvalue weighted by atomic mass is 16.5. The van der Waals surface area contributed by atoms with E-state index in [4.69, 9.17) is 9.47 Å². The Bertz CT molecular complexity index is 932. The van der Waals surface area contributed by atoms with Gasteiger partial charge in [-0.25, -0.2) is 0 Å². The van der Waals surface area contributed by atoms with Crippen molar-refractivity contribution in [3.8, 4) is 23.0 Å². The predicted octanol–water partition coefficient (Wildman–Crippen LogP) is 4.36. The van der Waals surface area contributed by atoms with Gasteiger partial charge in [0.05, 0.1) is 0 Å². The van der Waals surface area contributed by atoms with Gasteiger partial charge in [0.25, 0.3) is 5.91 Å². The van der Waals surface area contributed by atoms with E-state index in [1.54, 1.807) is 60.7 Å². The lowest BCUT2D eigenvalue weighted by molar-refractivity contribution is -0.131. The standard InChI is InChI=1S/C21H17NO5/c1-14(23)26-18-8-2-15(3-9-18)21(25)22-16-4-10-19(11-5-16)27-20-12-6-17(24)7-13-20/h2-13,24H,1H3,(H,22,25). The van der Waals surface area contributed by atoms with Gasteiger partial charge in [-0.2, -0.15) is 0 Å². The van der Waals surface area contributed by atoms with Gasteiger partial charge in [0.15, 0.2) is 0 Å². The van der Waals surface area contributed by atoms with E-state index in [9.17, 15) is 14.7 Å². The van der Waals surface area contributed by atoms with E-state index < -0.39 is 5.97 Å².